The maximum absolute atomic E-state index is 9.05. The molecule has 1 fully saturated rings. The first-order valence-corrected chi connectivity index (χ1v) is 13.3. The van der Waals surface area contributed by atoms with Crippen LogP contribution in [0.2, 0.25) is 0 Å². The van der Waals surface area contributed by atoms with Crippen LogP contribution in [0.15, 0.2) is 114 Å². The summed E-state index contributed by atoms with van der Waals surface area (Å²) in [5.41, 5.74) is 9.40. The van der Waals surface area contributed by atoms with E-state index in [2.05, 4.69) is 96.0 Å². The molecule has 0 radical (unpaired) electrons. The van der Waals surface area contributed by atoms with Crippen LogP contribution in [-0.4, -0.2) is 4.98 Å². The Morgan fingerprint density at radius 1 is 0.649 bits per heavy atom. The summed E-state index contributed by atoms with van der Waals surface area (Å²) in [4.78, 5) is 4.67. The lowest BCUT2D eigenvalue weighted by Crippen LogP contribution is -2.04. The van der Waals surface area contributed by atoms with Crippen LogP contribution in [0, 0.1) is 0 Å². The second-order valence-corrected chi connectivity index (χ2v) is 10.0. The molecule has 2 nitrogen and oxygen atoms in total. The summed E-state index contributed by atoms with van der Waals surface area (Å²) in [6.07, 6.45) is 7.20. The molecule has 0 atom stereocenters. The summed E-state index contributed by atoms with van der Waals surface area (Å²) >= 11 is 0. The Kier molecular flexibility index (Phi) is 5.31. The van der Waals surface area contributed by atoms with E-state index in [1.165, 1.54) is 17.5 Å². The highest BCUT2D eigenvalue weighted by Gasteiger charge is 2.17. The van der Waals surface area contributed by atoms with Gasteiger partial charge < -0.3 is 4.42 Å². The van der Waals surface area contributed by atoms with Crippen LogP contribution in [0.5, 0.6) is 0 Å². The van der Waals surface area contributed by atoms with Crippen LogP contribution in [0.4, 0.5) is 0 Å². The van der Waals surface area contributed by atoms with Gasteiger partial charge in [-0.15, -0.1) is 0 Å². The number of benzene rings is 4. The molecular formula is C35H29NO. The zero-order chi connectivity index (χ0) is 25.5. The van der Waals surface area contributed by atoms with Crippen LogP contribution in [-0.2, 0) is 0 Å². The third-order valence-corrected chi connectivity index (χ3v) is 7.72. The largest absolute Gasteiger partial charge is 0.455 e. The topological polar surface area (TPSA) is 26.0 Å². The molecule has 37 heavy (non-hydrogen) atoms. The van der Waals surface area contributed by atoms with E-state index >= 15 is 0 Å². The molecule has 1 aliphatic carbocycles. The molecule has 2 aromatic heterocycles. The van der Waals surface area contributed by atoms with Crippen LogP contribution in [0.3, 0.4) is 0 Å². The molecule has 7 rings (SSSR count). The molecule has 0 spiro atoms. The van der Waals surface area contributed by atoms with Crippen molar-refractivity contribution in [3.8, 4) is 33.5 Å². The Labute approximate surface area is 219 Å². The Bertz CT molecular complexity index is 1740. The van der Waals surface area contributed by atoms with Crippen molar-refractivity contribution >= 4 is 21.9 Å². The van der Waals surface area contributed by atoms with Crippen molar-refractivity contribution < 1.29 is 5.79 Å². The minimum atomic E-state index is -0.496. The third kappa shape index (κ3) is 4.13. The molecule has 2 heteroatoms. The van der Waals surface area contributed by atoms with E-state index in [0.29, 0.717) is 0 Å². The van der Waals surface area contributed by atoms with E-state index in [1.807, 2.05) is 18.3 Å². The summed E-state index contributed by atoms with van der Waals surface area (Å²) < 4.78 is 15.6. The number of hydrogen-bond donors (Lipinski definition) is 0. The number of hydrogen-bond acceptors (Lipinski definition) is 2. The first kappa shape index (κ1) is 21.0. The number of furan rings is 1. The number of para-hydroxylation sites is 1. The third-order valence-electron chi connectivity index (χ3n) is 7.72. The second-order valence-electron chi connectivity index (χ2n) is 10.0. The lowest BCUT2D eigenvalue weighted by molar-refractivity contribution is 0.443. The van der Waals surface area contributed by atoms with Crippen LogP contribution >= 0.6 is 0 Å². The first-order chi connectivity index (χ1) is 18.7. The van der Waals surface area contributed by atoms with Gasteiger partial charge in [-0.1, -0.05) is 98.1 Å². The van der Waals surface area contributed by atoms with Crippen LogP contribution in [0.1, 0.15) is 44.9 Å². The summed E-state index contributed by atoms with van der Waals surface area (Å²) in [5, 5.41) is 2.22. The lowest BCUT2D eigenvalue weighted by atomic mass is 9.84. The maximum atomic E-state index is 9.05. The van der Waals surface area contributed by atoms with Crippen molar-refractivity contribution in [1.82, 2.24) is 4.98 Å². The van der Waals surface area contributed by atoms with Gasteiger partial charge in [0.15, 0.2) is 0 Å². The fourth-order valence-corrected chi connectivity index (χ4v) is 5.73. The van der Waals surface area contributed by atoms with Crippen molar-refractivity contribution in [2.45, 2.75) is 38.0 Å². The normalized spacial score (nSPS) is 15.6. The number of nitrogens with zero attached hydrogens (tertiary/aromatic N) is 1. The Morgan fingerprint density at radius 3 is 2.24 bits per heavy atom. The Morgan fingerprint density at radius 2 is 1.41 bits per heavy atom. The highest BCUT2D eigenvalue weighted by atomic mass is 16.3. The molecule has 1 aliphatic rings. The van der Waals surface area contributed by atoms with Crippen molar-refractivity contribution in [2.75, 3.05) is 0 Å². The van der Waals surface area contributed by atoms with E-state index in [-0.39, 0.29) is 0 Å². The average Bonchev–Trinajstić information content (AvgIpc) is 3.36. The summed E-state index contributed by atoms with van der Waals surface area (Å²) in [7, 11) is 0. The fourth-order valence-electron chi connectivity index (χ4n) is 5.73. The summed E-state index contributed by atoms with van der Waals surface area (Å²) in [5.74, 6) is -0.496. The van der Waals surface area contributed by atoms with Crippen LogP contribution < -0.4 is 0 Å². The molecule has 0 unspecified atom stereocenters. The SMILES string of the molecule is [2H]C1(c2ccnc(-c3ccc4c(c3)oc3c(-c5ccc(-c6ccccc6)cc5)cccc34)c2)CCCCC1. The predicted octanol–water partition coefficient (Wildman–Crippen LogP) is 10.0. The van der Waals surface area contributed by atoms with E-state index in [4.69, 9.17) is 5.79 Å². The molecule has 0 saturated heterocycles. The number of rotatable bonds is 4. The molecule has 2 heterocycles. The van der Waals surface area contributed by atoms with Gasteiger partial charge >= 0.3 is 0 Å². The molecule has 0 bridgehead atoms. The van der Waals surface area contributed by atoms with Gasteiger partial charge in [0.05, 0.1) is 5.69 Å². The monoisotopic (exact) mass is 480 g/mol. The van der Waals surface area contributed by atoms with E-state index < -0.39 is 5.89 Å². The van der Waals surface area contributed by atoms with Crippen LogP contribution in [0.25, 0.3) is 55.4 Å². The minimum Gasteiger partial charge on any atom is -0.455 e. The van der Waals surface area contributed by atoms with Gasteiger partial charge in [0.25, 0.3) is 0 Å². The zero-order valence-corrected chi connectivity index (χ0v) is 20.8. The molecule has 180 valence electrons. The lowest BCUT2D eigenvalue weighted by Gasteiger charge is -2.22. The van der Waals surface area contributed by atoms with Crippen molar-refractivity contribution in [2.24, 2.45) is 0 Å². The van der Waals surface area contributed by atoms with Gasteiger partial charge in [0.2, 0.25) is 0 Å². The van der Waals surface area contributed by atoms with Gasteiger partial charge in [0, 0.05) is 29.5 Å². The van der Waals surface area contributed by atoms with Gasteiger partial charge in [-0.2, -0.15) is 0 Å². The minimum absolute atomic E-state index is 0.496. The summed E-state index contributed by atoms with van der Waals surface area (Å²) in [6.45, 7) is 0. The van der Waals surface area contributed by atoms with Gasteiger partial charge in [-0.25, -0.2) is 0 Å². The predicted molar refractivity (Wildman–Crippen MR) is 154 cm³/mol. The van der Waals surface area contributed by atoms with Crippen molar-refractivity contribution in [1.29, 1.82) is 0 Å². The molecular weight excluding hydrogens is 450 g/mol. The first-order valence-electron chi connectivity index (χ1n) is 13.8. The smallest absolute Gasteiger partial charge is 0.143 e. The standard InChI is InChI=1S/C35H29NO/c1-3-8-24(9-4-1)26-14-16-27(17-15-26)30-12-7-13-32-31-19-18-29(23-34(31)37-35(30)32)33-22-28(20-21-36-33)25-10-5-2-6-11-25/h1,3-4,7-9,12-23,25H,2,5-6,10-11H2/i25D. The fraction of sp³-hybridized carbons (Fsp3) is 0.171. The van der Waals surface area contributed by atoms with E-state index in [1.54, 1.807) is 0 Å². The van der Waals surface area contributed by atoms with Crippen molar-refractivity contribution in [3.05, 3.63) is 115 Å². The molecule has 0 amide bonds. The van der Waals surface area contributed by atoms with Gasteiger partial charge in [-0.05, 0) is 65.3 Å². The number of pyridine rings is 1. The molecule has 0 aliphatic heterocycles. The molecule has 0 N–H and O–H groups in total. The van der Waals surface area contributed by atoms with E-state index in [0.717, 1.165) is 75.6 Å². The average molecular weight is 481 g/mol. The maximum Gasteiger partial charge on any atom is 0.143 e. The Hall–Kier alpha value is -4.17. The Balaban J connectivity index is 1.27. The van der Waals surface area contributed by atoms with Gasteiger partial charge in [0.1, 0.15) is 11.2 Å². The second kappa shape index (κ2) is 9.37. The van der Waals surface area contributed by atoms with Crippen molar-refractivity contribution in [3.63, 3.8) is 0 Å². The molecule has 4 aromatic carbocycles. The highest BCUT2D eigenvalue weighted by molar-refractivity contribution is 6.10. The van der Waals surface area contributed by atoms with E-state index in [9.17, 15) is 0 Å². The summed E-state index contributed by atoms with van der Waals surface area (Å²) in [6, 6.07) is 36.0. The number of aromatic nitrogens is 1. The quantitative estimate of drug-likeness (QED) is 0.251. The zero-order valence-electron chi connectivity index (χ0n) is 21.8. The van der Waals surface area contributed by atoms with Gasteiger partial charge in [-0.3, -0.25) is 4.98 Å². The molecule has 6 aromatic rings. The number of fused-ring (bicyclic) bond motifs is 3. The molecule has 1 saturated carbocycles. The highest BCUT2D eigenvalue weighted by Crippen LogP contribution is 2.38.